The molecule has 3 rings (SSSR count). The van der Waals surface area contributed by atoms with E-state index >= 15 is 0 Å². The predicted octanol–water partition coefficient (Wildman–Crippen LogP) is 2.70. The molecule has 2 aromatic carbocycles. The van der Waals surface area contributed by atoms with Crippen molar-refractivity contribution in [3.63, 3.8) is 0 Å². The van der Waals surface area contributed by atoms with Gasteiger partial charge in [-0.2, -0.15) is 4.68 Å². The van der Waals surface area contributed by atoms with Crippen LogP contribution in [0.25, 0.3) is 5.69 Å². The number of aromatic nitrogens is 4. The van der Waals surface area contributed by atoms with E-state index < -0.39 is 11.6 Å². The lowest BCUT2D eigenvalue weighted by Gasteiger charge is -2.07. The molecule has 0 aliphatic rings. The zero-order chi connectivity index (χ0) is 19.2. The Morgan fingerprint density at radius 3 is 2.67 bits per heavy atom. The molecule has 0 radical (unpaired) electrons. The summed E-state index contributed by atoms with van der Waals surface area (Å²) in [6.45, 7) is 2.10. The van der Waals surface area contributed by atoms with Gasteiger partial charge in [-0.25, -0.2) is 8.78 Å². The van der Waals surface area contributed by atoms with Crippen LogP contribution in [-0.4, -0.2) is 38.4 Å². The fourth-order valence-electron chi connectivity index (χ4n) is 2.47. The van der Waals surface area contributed by atoms with Crippen molar-refractivity contribution >= 4 is 17.7 Å². The number of rotatable bonds is 7. The minimum Gasteiger partial charge on any atom is -0.355 e. The van der Waals surface area contributed by atoms with Gasteiger partial charge in [0.25, 0.3) is 0 Å². The maximum Gasteiger partial charge on any atom is 0.230 e. The molecule has 0 aliphatic heterocycles. The van der Waals surface area contributed by atoms with Gasteiger partial charge in [-0.3, -0.25) is 4.79 Å². The van der Waals surface area contributed by atoms with Crippen molar-refractivity contribution in [1.29, 1.82) is 0 Å². The van der Waals surface area contributed by atoms with Crippen molar-refractivity contribution in [2.45, 2.75) is 18.5 Å². The number of nitrogens with zero attached hydrogens (tertiary/aromatic N) is 4. The number of nitrogens with one attached hydrogen (secondary N) is 1. The Morgan fingerprint density at radius 2 is 1.93 bits per heavy atom. The Bertz CT molecular complexity index is 927. The van der Waals surface area contributed by atoms with Crippen LogP contribution in [0.1, 0.15) is 11.1 Å². The van der Waals surface area contributed by atoms with Crippen molar-refractivity contribution in [2.75, 3.05) is 12.3 Å². The first-order chi connectivity index (χ1) is 13.0. The molecule has 1 amide bonds. The second kappa shape index (κ2) is 8.72. The van der Waals surface area contributed by atoms with Gasteiger partial charge in [-0.1, -0.05) is 30.0 Å². The van der Waals surface area contributed by atoms with Gasteiger partial charge in [-0.05, 0) is 53.6 Å². The molecule has 0 fully saturated rings. The normalized spacial score (nSPS) is 10.8. The van der Waals surface area contributed by atoms with Crippen molar-refractivity contribution in [3.05, 3.63) is 65.2 Å². The summed E-state index contributed by atoms with van der Waals surface area (Å²) >= 11 is 1.18. The molecule has 0 bridgehead atoms. The highest BCUT2D eigenvalue weighted by atomic mass is 32.2. The van der Waals surface area contributed by atoms with E-state index in [1.807, 2.05) is 31.2 Å². The molecule has 0 spiro atoms. The van der Waals surface area contributed by atoms with E-state index in [2.05, 4.69) is 20.8 Å². The van der Waals surface area contributed by atoms with Crippen LogP contribution in [0.5, 0.6) is 0 Å². The highest BCUT2D eigenvalue weighted by molar-refractivity contribution is 7.99. The van der Waals surface area contributed by atoms with E-state index in [0.717, 1.165) is 11.3 Å². The molecule has 1 aromatic heterocycles. The lowest BCUT2D eigenvalue weighted by molar-refractivity contribution is -0.118. The highest BCUT2D eigenvalue weighted by Gasteiger charge is 2.12. The zero-order valence-electron chi connectivity index (χ0n) is 14.5. The Balaban J connectivity index is 1.52. The number of thioether (sulfide) groups is 1. The maximum atomic E-state index is 13.6. The molecule has 1 N–H and O–H groups in total. The van der Waals surface area contributed by atoms with Crippen molar-refractivity contribution in [3.8, 4) is 5.69 Å². The third-order valence-electron chi connectivity index (χ3n) is 3.78. The number of amides is 1. The quantitative estimate of drug-likeness (QED) is 0.629. The van der Waals surface area contributed by atoms with Crippen LogP contribution in [0.4, 0.5) is 8.78 Å². The van der Waals surface area contributed by atoms with Gasteiger partial charge >= 0.3 is 0 Å². The number of tetrazole rings is 1. The summed E-state index contributed by atoms with van der Waals surface area (Å²) in [4.78, 5) is 12.0. The summed E-state index contributed by atoms with van der Waals surface area (Å²) in [5, 5.41) is 14.7. The second-order valence-corrected chi connectivity index (χ2v) is 6.74. The molecule has 0 unspecified atom stereocenters. The Labute approximate surface area is 159 Å². The average Bonchev–Trinajstić information content (AvgIpc) is 3.11. The number of benzene rings is 2. The minimum atomic E-state index is -0.615. The summed E-state index contributed by atoms with van der Waals surface area (Å²) in [6, 6.07) is 11.4. The largest absolute Gasteiger partial charge is 0.355 e. The van der Waals surface area contributed by atoms with E-state index in [4.69, 9.17) is 0 Å². The fourth-order valence-corrected chi connectivity index (χ4v) is 3.19. The summed E-state index contributed by atoms with van der Waals surface area (Å²) in [6.07, 6.45) is 0.0793. The molecule has 3 aromatic rings. The number of hydrogen-bond donors (Lipinski definition) is 1. The van der Waals surface area contributed by atoms with Crippen LogP contribution in [-0.2, 0) is 11.2 Å². The van der Waals surface area contributed by atoms with E-state index in [0.29, 0.717) is 5.16 Å². The predicted molar refractivity (Wildman–Crippen MR) is 97.7 cm³/mol. The molecule has 140 valence electrons. The van der Waals surface area contributed by atoms with Gasteiger partial charge in [0.1, 0.15) is 11.6 Å². The average molecular weight is 389 g/mol. The van der Waals surface area contributed by atoms with Crippen LogP contribution in [0, 0.1) is 18.6 Å². The third-order valence-corrected chi connectivity index (χ3v) is 4.70. The van der Waals surface area contributed by atoms with Crippen LogP contribution in [0.3, 0.4) is 0 Å². The van der Waals surface area contributed by atoms with Crippen molar-refractivity contribution in [2.24, 2.45) is 0 Å². The molecule has 0 atom stereocenters. The molecule has 0 saturated heterocycles. The van der Waals surface area contributed by atoms with Gasteiger partial charge in [0, 0.05) is 12.1 Å². The number of hydrogen-bond acceptors (Lipinski definition) is 5. The lowest BCUT2D eigenvalue weighted by Crippen LogP contribution is -2.27. The zero-order valence-corrected chi connectivity index (χ0v) is 15.3. The molecule has 9 heteroatoms. The topological polar surface area (TPSA) is 72.7 Å². The second-order valence-electron chi connectivity index (χ2n) is 5.80. The fraction of sp³-hybridized carbons (Fsp3) is 0.222. The molecule has 6 nitrogen and oxygen atoms in total. The highest BCUT2D eigenvalue weighted by Crippen LogP contribution is 2.18. The summed E-state index contributed by atoms with van der Waals surface area (Å²) in [5.41, 5.74) is 1.84. The van der Waals surface area contributed by atoms with Gasteiger partial charge < -0.3 is 5.32 Å². The Kier molecular flexibility index (Phi) is 6.12. The van der Waals surface area contributed by atoms with Crippen LogP contribution in [0.2, 0.25) is 0 Å². The van der Waals surface area contributed by atoms with E-state index in [-0.39, 0.29) is 30.2 Å². The molecular weight excluding hydrogens is 372 g/mol. The molecular formula is C18H17F2N5OS. The Hall–Kier alpha value is -2.81. The maximum absolute atomic E-state index is 13.6. The molecule has 1 heterocycles. The third kappa shape index (κ3) is 4.88. The molecule has 0 aliphatic carbocycles. The first-order valence-electron chi connectivity index (χ1n) is 8.22. The van der Waals surface area contributed by atoms with E-state index in [1.54, 1.807) is 4.68 Å². The number of halogens is 2. The van der Waals surface area contributed by atoms with E-state index in [9.17, 15) is 13.6 Å². The summed E-state index contributed by atoms with van der Waals surface area (Å²) in [5.74, 6) is -1.41. The summed E-state index contributed by atoms with van der Waals surface area (Å²) < 4.78 is 28.7. The van der Waals surface area contributed by atoms with Gasteiger partial charge in [-0.15, -0.1) is 5.10 Å². The van der Waals surface area contributed by atoms with Crippen molar-refractivity contribution in [1.82, 2.24) is 25.5 Å². The minimum absolute atomic E-state index is 0.0335. The van der Waals surface area contributed by atoms with Gasteiger partial charge in [0.05, 0.1) is 11.4 Å². The number of carbonyl (C=O) groups excluding carboxylic acids is 1. The lowest BCUT2D eigenvalue weighted by atomic mass is 10.1. The van der Waals surface area contributed by atoms with Gasteiger partial charge in [0.2, 0.25) is 11.1 Å². The van der Waals surface area contributed by atoms with E-state index in [1.165, 1.54) is 30.0 Å². The number of carbonyl (C=O) groups is 1. The van der Waals surface area contributed by atoms with Crippen LogP contribution < -0.4 is 5.32 Å². The smallest absolute Gasteiger partial charge is 0.230 e. The SMILES string of the molecule is Cc1cccc(-n2nnnc2SCC(=O)NCCc2c(F)cccc2F)c1. The van der Waals surface area contributed by atoms with Crippen LogP contribution in [0.15, 0.2) is 47.6 Å². The van der Waals surface area contributed by atoms with Crippen molar-refractivity contribution < 1.29 is 13.6 Å². The van der Waals surface area contributed by atoms with Gasteiger partial charge in [0.15, 0.2) is 0 Å². The standard InChI is InChI=1S/C18H17F2N5OS/c1-12-4-2-5-13(10-12)25-18(22-23-24-25)27-11-17(26)21-9-8-14-15(19)6-3-7-16(14)20/h2-7,10H,8-9,11H2,1H3,(H,21,26). The number of aryl methyl sites for hydroxylation is 1. The Morgan fingerprint density at radius 1 is 1.19 bits per heavy atom. The first-order valence-corrected chi connectivity index (χ1v) is 9.21. The first kappa shape index (κ1) is 19.0. The summed E-state index contributed by atoms with van der Waals surface area (Å²) in [7, 11) is 0. The molecule has 27 heavy (non-hydrogen) atoms. The molecule has 0 saturated carbocycles. The van der Waals surface area contributed by atoms with Crippen LogP contribution >= 0.6 is 11.8 Å². The monoisotopic (exact) mass is 389 g/mol.